The maximum Gasteiger partial charge on any atom is 0.303 e. The lowest BCUT2D eigenvalue weighted by Gasteiger charge is -2.15. The Kier molecular flexibility index (Phi) is 6.84. The molecule has 2 rings (SSSR count). The molecule has 0 amide bonds. The molecule has 6 heteroatoms. The zero-order valence-corrected chi connectivity index (χ0v) is 15.8. The molecular weight excluding hydrogens is 372 g/mol. The molecule has 0 spiro atoms. The average molecular weight is 391 g/mol. The van der Waals surface area contributed by atoms with Crippen molar-refractivity contribution >= 4 is 27.4 Å². The van der Waals surface area contributed by atoms with Crippen LogP contribution in [0.4, 0.5) is 0 Å². The molecule has 1 N–H and O–H groups in total. The van der Waals surface area contributed by atoms with Gasteiger partial charge in [-0.15, -0.1) is 0 Å². The van der Waals surface area contributed by atoms with Gasteiger partial charge in [0.2, 0.25) is 9.84 Å². The van der Waals surface area contributed by atoms with Gasteiger partial charge in [-0.3, -0.25) is 4.79 Å². The Hall–Kier alpha value is -2.29. The van der Waals surface area contributed by atoms with Crippen LogP contribution in [0.2, 0.25) is 5.02 Å². The normalized spacial score (nSPS) is 12.1. The topological polar surface area (TPSA) is 71.4 Å². The Bertz CT molecular complexity index is 938. The second-order valence-corrected chi connectivity index (χ2v) is 8.04. The molecule has 2 aromatic rings. The summed E-state index contributed by atoms with van der Waals surface area (Å²) < 4.78 is 24.6. The van der Waals surface area contributed by atoms with Crippen LogP contribution >= 0.6 is 11.6 Å². The van der Waals surface area contributed by atoms with Gasteiger partial charge in [0.1, 0.15) is 0 Å². The second kappa shape index (κ2) is 8.88. The van der Waals surface area contributed by atoms with E-state index in [-0.39, 0.29) is 23.7 Å². The van der Waals surface area contributed by atoms with E-state index < -0.39 is 15.8 Å². The molecule has 0 heterocycles. The summed E-state index contributed by atoms with van der Waals surface area (Å²) in [4.78, 5) is 11.0. The van der Waals surface area contributed by atoms with Gasteiger partial charge in [-0.05, 0) is 43.0 Å². The molecular formula is C20H19ClO4S. The first-order valence-corrected chi connectivity index (χ1v) is 9.93. The summed E-state index contributed by atoms with van der Waals surface area (Å²) in [6.45, 7) is 1.87. The lowest BCUT2D eigenvalue weighted by Crippen LogP contribution is -2.04. The Balaban J connectivity index is 2.22. The zero-order valence-electron chi connectivity index (χ0n) is 14.3. The highest BCUT2D eigenvalue weighted by atomic mass is 35.5. The first-order chi connectivity index (χ1) is 12.3. The molecule has 0 aliphatic carbocycles. The molecule has 26 heavy (non-hydrogen) atoms. The third kappa shape index (κ3) is 5.62. The van der Waals surface area contributed by atoms with E-state index in [1.165, 1.54) is 12.1 Å². The van der Waals surface area contributed by atoms with Crippen molar-refractivity contribution < 1.29 is 18.3 Å². The SMILES string of the molecule is Cc1ccc(S(=O)(=O)C#CCC(CCC(=O)O)c2ccccc2Cl)cc1. The number of sulfone groups is 1. The minimum absolute atomic E-state index is 0.0394. The monoisotopic (exact) mass is 390 g/mol. The van der Waals surface area contributed by atoms with Crippen LogP contribution < -0.4 is 0 Å². The number of carboxylic acid groups (broad SMARTS) is 1. The average Bonchev–Trinajstić information content (AvgIpc) is 2.59. The lowest BCUT2D eigenvalue weighted by atomic mass is 9.91. The highest BCUT2D eigenvalue weighted by molar-refractivity contribution is 7.96. The van der Waals surface area contributed by atoms with Crippen LogP contribution in [0.3, 0.4) is 0 Å². The predicted molar refractivity (Wildman–Crippen MR) is 102 cm³/mol. The molecule has 0 fully saturated rings. The summed E-state index contributed by atoms with van der Waals surface area (Å²) >= 11 is 6.20. The van der Waals surface area contributed by atoms with Crippen molar-refractivity contribution in [2.75, 3.05) is 0 Å². The van der Waals surface area contributed by atoms with Crippen molar-refractivity contribution in [3.8, 4) is 11.2 Å². The van der Waals surface area contributed by atoms with Gasteiger partial charge in [0.15, 0.2) is 0 Å². The van der Waals surface area contributed by atoms with Gasteiger partial charge in [0.05, 0.1) is 4.90 Å². The first kappa shape index (κ1) is 20.0. The van der Waals surface area contributed by atoms with Crippen molar-refractivity contribution in [1.29, 1.82) is 0 Å². The van der Waals surface area contributed by atoms with Gasteiger partial charge in [0, 0.05) is 23.1 Å². The van der Waals surface area contributed by atoms with Crippen LogP contribution in [-0.2, 0) is 14.6 Å². The van der Waals surface area contributed by atoms with Crippen LogP contribution in [0.25, 0.3) is 0 Å². The van der Waals surface area contributed by atoms with E-state index in [4.69, 9.17) is 16.7 Å². The summed E-state index contributed by atoms with van der Waals surface area (Å²) in [6.07, 6.45) is 0.503. The molecule has 1 atom stereocenters. The van der Waals surface area contributed by atoms with E-state index in [2.05, 4.69) is 11.2 Å². The van der Waals surface area contributed by atoms with Crippen LogP contribution in [0.15, 0.2) is 53.4 Å². The molecule has 136 valence electrons. The first-order valence-electron chi connectivity index (χ1n) is 8.07. The summed E-state index contributed by atoms with van der Waals surface area (Å²) in [5.74, 6) is 1.53. The number of halogens is 1. The predicted octanol–water partition coefficient (Wildman–Crippen LogP) is 4.42. The molecule has 0 bridgehead atoms. The highest BCUT2D eigenvalue weighted by Crippen LogP contribution is 2.30. The number of carboxylic acids is 1. The van der Waals surface area contributed by atoms with Gasteiger partial charge in [-0.25, -0.2) is 8.42 Å². The van der Waals surface area contributed by atoms with Crippen molar-refractivity contribution in [3.05, 3.63) is 64.7 Å². The van der Waals surface area contributed by atoms with E-state index in [0.717, 1.165) is 11.1 Å². The summed E-state index contributed by atoms with van der Waals surface area (Å²) in [7, 11) is -3.71. The molecule has 0 radical (unpaired) electrons. The van der Waals surface area contributed by atoms with Crippen LogP contribution in [-0.4, -0.2) is 19.5 Å². The third-order valence-electron chi connectivity index (χ3n) is 3.94. The molecule has 0 aliphatic heterocycles. The number of hydrogen-bond donors (Lipinski definition) is 1. The van der Waals surface area contributed by atoms with E-state index >= 15 is 0 Å². The molecule has 0 aromatic heterocycles. The van der Waals surface area contributed by atoms with Crippen molar-refractivity contribution in [1.82, 2.24) is 0 Å². The molecule has 0 saturated heterocycles. The van der Waals surface area contributed by atoms with Gasteiger partial charge in [0.25, 0.3) is 0 Å². The standard InChI is InChI=1S/C20H19ClO4S/c1-15-8-11-17(12-9-15)26(24,25)14-4-5-16(10-13-20(22)23)18-6-2-3-7-19(18)21/h2-3,6-9,11-12,16H,5,10,13H2,1H3,(H,22,23). The summed E-state index contributed by atoms with van der Waals surface area (Å²) in [6, 6.07) is 13.6. The molecule has 0 saturated carbocycles. The van der Waals surface area contributed by atoms with Crippen molar-refractivity contribution in [3.63, 3.8) is 0 Å². The maximum absolute atomic E-state index is 12.3. The molecule has 0 aliphatic rings. The van der Waals surface area contributed by atoms with E-state index in [1.54, 1.807) is 24.3 Å². The molecule has 2 aromatic carbocycles. The lowest BCUT2D eigenvalue weighted by molar-refractivity contribution is -0.137. The Labute approximate surface area is 158 Å². The fraction of sp³-hybridized carbons (Fsp3) is 0.250. The van der Waals surface area contributed by atoms with Crippen LogP contribution in [0.1, 0.15) is 36.3 Å². The Morgan fingerprint density at radius 3 is 2.42 bits per heavy atom. The largest absolute Gasteiger partial charge is 0.481 e. The smallest absolute Gasteiger partial charge is 0.303 e. The maximum atomic E-state index is 12.3. The summed E-state index contributed by atoms with van der Waals surface area (Å²) in [5.41, 5.74) is 1.74. The number of rotatable bonds is 6. The second-order valence-electron chi connectivity index (χ2n) is 5.95. The van der Waals surface area contributed by atoms with E-state index in [9.17, 15) is 13.2 Å². The van der Waals surface area contributed by atoms with Crippen molar-refractivity contribution in [2.45, 2.75) is 37.0 Å². The Morgan fingerprint density at radius 1 is 1.15 bits per heavy atom. The van der Waals surface area contributed by atoms with E-state index in [0.29, 0.717) is 11.4 Å². The Morgan fingerprint density at radius 2 is 1.81 bits per heavy atom. The number of hydrogen-bond acceptors (Lipinski definition) is 3. The molecule has 1 unspecified atom stereocenters. The third-order valence-corrected chi connectivity index (χ3v) is 5.59. The van der Waals surface area contributed by atoms with Crippen LogP contribution in [0.5, 0.6) is 0 Å². The minimum Gasteiger partial charge on any atom is -0.481 e. The minimum atomic E-state index is -3.71. The van der Waals surface area contributed by atoms with Crippen molar-refractivity contribution in [2.24, 2.45) is 0 Å². The van der Waals surface area contributed by atoms with Gasteiger partial charge in [-0.1, -0.05) is 53.4 Å². The van der Waals surface area contributed by atoms with E-state index in [1.807, 2.05) is 19.1 Å². The van der Waals surface area contributed by atoms with Crippen LogP contribution in [0, 0.1) is 18.1 Å². The number of aryl methyl sites for hydroxylation is 1. The molecule has 4 nitrogen and oxygen atoms in total. The fourth-order valence-corrected chi connectivity index (χ4v) is 3.68. The zero-order chi connectivity index (χ0) is 19.2. The number of benzene rings is 2. The summed E-state index contributed by atoms with van der Waals surface area (Å²) in [5, 5.41) is 11.8. The van der Waals surface area contributed by atoms with Gasteiger partial charge in [-0.2, -0.15) is 0 Å². The van der Waals surface area contributed by atoms with Gasteiger partial charge < -0.3 is 5.11 Å². The quantitative estimate of drug-likeness (QED) is 0.585. The highest BCUT2D eigenvalue weighted by Gasteiger charge is 2.16. The van der Waals surface area contributed by atoms with Gasteiger partial charge >= 0.3 is 5.97 Å². The number of aliphatic carboxylic acids is 1. The number of carbonyl (C=O) groups is 1. The fourth-order valence-electron chi connectivity index (χ4n) is 2.51.